The second-order valence-corrected chi connectivity index (χ2v) is 8.05. The molecule has 0 bridgehead atoms. The molecule has 7 nitrogen and oxygen atoms in total. The Balaban J connectivity index is 1.45. The highest BCUT2D eigenvalue weighted by atomic mass is 35.5. The maximum atomic E-state index is 12.5. The molecule has 0 saturated heterocycles. The molecule has 0 unspecified atom stereocenters. The molecule has 2 aliphatic heterocycles. The van der Waals surface area contributed by atoms with Crippen molar-refractivity contribution in [2.45, 2.75) is 6.54 Å². The van der Waals surface area contributed by atoms with Gasteiger partial charge in [0.25, 0.3) is 5.91 Å². The Hall–Kier alpha value is -3.36. The second-order valence-electron chi connectivity index (χ2n) is 6.83. The number of amidine groups is 2. The van der Waals surface area contributed by atoms with E-state index < -0.39 is 5.91 Å². The van der Waals surface area contributed by atoms with Crippen LogP contribution in [0.4, 0.5) is 0 Å². The molecular weight excluding hydrogens is 434 g/mol. The number of hydrogen-bond acceptors (Lipinski definition) is 5. The number of nitrogens with one attached hydrogen (secondary N) is 1. The van der Waals surface area contributed by atoms with E-state index in [2.05, 4.69) is 14.7 Å². The Morgan fingerprint density at radius 2 is 1.97 bits per heavy atom. The molecule has 3 heterocycles. The van der Waals surface area contributed by atoms with E-state index in [1.165, 1.54) is 16.8 Å². The lowest BCUT2D eigenvalue weighted by Crippen LogP contribution is -2.35. The molecule has 0 spiro atoms. The predicted molar refractivity (Wildman–Crippen MR) is 125 cm³/mol. The van der Waals surface area contributed by atoms with Crippen LogP contribution >= 0.6 is 23.4 Å². The van der Waals surface area contributed by atoms with Gasteiger partial charge < -0.3 is 9.30 Å². The van der Waals surface area contributed by atoms with Crippen LogP contribution in [-0.4, -0.2) is 38.6 Å². The van der Waals surface area contributed by atoms with Crippen molar-refractivity contribution < 1.29 is 9.53 Å². The number of nitrogens with zero attached hydrogens (tertiary/aromatic N) is 4. The molecule has 0 fully saturated rings. The lowest BCUT2D eigenvalue weighted by Gasteiger charge is -2.20. The van der Waals surface area contributed by atoms with Crippen molar-refractivity contribution in [3.63, 3.8) is 0 Å². The minimum Gasteiger partial charge on any atom is -0.490 e. The van der Waals surface area contributed by atoms with E-state index in [0.717, 1.165) is 16.5 Å². The molecular formula is C22H16ClN5O2S. The third kappa shape index (κ3) is 3.64. The zero-order valence-electron chi connectivity index (χ0n) is 16.2. The smallest absolute Gasteiger partial charge is 0.283 e. The summed E-state index contributed by atoms with van der Waals surface area (Å²) in [6.07, 6.45) is 3.66. The highest BCUT2D eigenvalue weighted by Crippen LogP contribution is 2.28. The third-order valence-electron chi connectivity index (χ3n) is 4.94. The van der Waals surface area contributed by atoms with Crippen LogP contribution in [0.1, 0.15) is 5.56 Å². The van der Waals surface area contributed by atoms with Crippen LogP contribution in [0.5, 0.6) is 5.75 Å². The highest BCUT2D eigenvalue weighted by Gasteiger charge is 2.32. The Kier molecular flexibility index (Phi) is 5.09. The maximum absolute atomic E-state index is 12.5. The standard InChI is InChI=1S/C22H16ClN5O2S/c23-17-6-2-4-8-19(17)30-10-9-27-12-14(15-5-1-3-7-18(15)27)11-16-20(24)28-22(26-21(16)29)31-13-25-28/h1-8,11-13,24H,9-10H2/b16-11-,24-20?. The first kappa shape index (κ1) is 19.6. The first-order valence-corrected chi connectivity index (χ1v) is 10.8. The minimum atomic E-state index is -0.437. The largest absolute Gasteiger partial charge is 0.490 e. The van der Waals surface area contributed by atoms with Crippen molar-refractivity contribution >= 4 is 62.8 Å². The number of carbonyl (C=O) groups excluding carboxylic acids is 1. The van der Waals surface area contributed by atoms with Crippen molar-refractivity contribution in [1.29, 1.82) is 5.41 Å². The van der Waals surface area contributed by atoms with Gasteiger partial charge >= 0.3 is 0 Å². The van der Waals surface area contributed by atoms with Crippen LogP contribution in [0.25, 0.3) is 17.0 Å². The summed E-state index contributed by atoms with van der Waals surface area (Å²) in [7, 11) is 0. The fourth-order valence-corrected chi connectivity index (χ4v) is 4.28. The number of carbonyl (C=O) groups is 1. The molecule has 1 N–H and O–H groups in total. The summed E-state index contributed by atoms with van der Waals surface area (Å²) in [5.74, 6) is 0.227. The molecule has 2 aromatic carbocycles. The Morgan fingerprint density at radius 3 is 2.84 bits per heavy atom. The maximum Gasteiger partial charge on any atom is 0.283 e. The van der Waals surface area contributed by atoms with Crippen molar-refractivity contribution in [3.8, 4) is 5.75 Å². The number of ether oxygens (including phenoxy) is 1. The van der Waals surface area contributed by atoms with Gasteiger partial charge in [-0.1, -0.05) is 41.9 Å². The zero-order chi connectivity index (χ0) is 21.4. The number of aromatic nitrogens is 1. The van der Waals surface area contributed by atoms with E-state index in [0.29, 0.717) is 29.1 Å². The summed E-state index contributed by atoms with van der Waals surface area (Å²) in [4.78, 5) is 16.6. The lowest BCUT2D eigenvalue weighted by molar-refractivity contribution is -0.114. The molecule has 154 valence electrons. The molecule has 3 aromatic rings. The lowest BCUT2D eigenvalue weighted by atomic mass is 10.1. The summed E-state index contributed by atoms with van der Waals surface area (Å²) in [5, 5.41) is 15.8. The van der Waals surface area contributed by atoms with Crippen LogP contribution in [0.2, 0.25) is 5.02 Å². The van der Waals surface area contributed by atoms with Crippen LogP contribution in [0, 0.1) is 5.41 Å². The molecule has 9 heteroatoms. The van der Waals surface area contributed by atoms with Crippen LogP contribution in [0.15, 0.2) is 70.4 Å². The summed E-state index contributed by atoms with van der Waals surface area (Å²) in [6, 6.07) is 15.3. The van der Waals surface area contributed by atoms with Gasteiger partial charge in [-0.3, -0.25) is 10.2 Å². The number of benzene rings is 2. The van der Waals surface area contributed by atoms with Gasteiger partial charge in [-0.25, -0.2) is 0 Å². The molecule has 0 aliphatic carbocycles. The summed E-state index contributed by atoms with van der Waals surface area (Å²) in [6.45, 7) is 1.02. The number of amides is 1. The molecule has 2 aliphatic rings. The average Bonchev–Trinajstić information content (AvgIpc) is 3.38. The van der Waals surface area contributed by atoms with E-state index in [1.807, 2.05) is 48.7 Å². The third-order valence-corrected chi connectivity index (χ3v) is 5.93. The summed E-state index contributed by atoms with van der Waals surface area (Å²) >= 11 is 7.39. The normalized spacial score (nSPS) is 16.9. The Labute approximate surface area is 187 Å². The SMILES string of the molecule is N=C1/C(=C/c2cn(CCOc3ccccc3Cl)c3ccccc23)C(=O)N=C2SC=NN12. The monoisotopic (exact) mass is 449 g/mol. The fraction of sp³-hybridized carbons (Fsp3) is 0.0909. The van der Waals surface area contributed by atoms with Gasteiger partial charge in [0.1, 0.15) is 12.4 Å². The van der Waals surface area contributed by atoms with Crippen molar-refractivity contribution in [2.75, 3.05) is 6.61 Å². The number of fused-ring (bicyclic) bond motifs is 2. The summed E-state index contributed by atoms with van der Waals surface area (Å²) < 4.78 is 7.89. The molecule has 31 heavy (non-hydrogen) atoms. The number of aliphatic imine (C=N–C) groups is 1. The molecule has 0 saturated carbocycles. The zero-order valence-corrected chi connectivity index (χ0v) is 17.7. The highest BCUT2D eigenvalue weighted by molar-refractivity contribution is 8.25. The van der Waals surface area contributed by atoms with Gasteiger partial charge in [-0.2, -0.15) is 15.1 Å². The number of thioether (sulfide) groups is 1. The van der Waals surface area contributed by atoms with Crippen LogP contribution in [-0.2, 0) is 11.3 Å². The number of para-hydroxylation sites is 2. The van der Waals surface area contributed by atoms with Gasteiger partial charge in [0.15, 0.2) is 11.0 Å². The quantitative estimate of drug-likeness (QED) is 0.576. The number of hydrogen-bond donors (Lipinski definition) is 1. The Morgan fingerprint density at radius 1 is 1.16 bits per heavy atom. The molecule has 1 aromatic heterocycles. The van der Waals surface area contributed by atoms with Gasteiger partial charge in [-0.05, 0) is 36.0 Å². The van der Waals surface area contributed by atoms with E-state index in [1.54, 1.807) is 17.7 Å². The Bertz CT molecular complexity index is 1310. The van der Waals surface area contributed by atoms with Crippen LogP contribution in [0.3, 0.4) is 0 Å². The van der Waals surface area contributed by atoms with Crippen LogP contribution < -0.4 is 4.74 Å². The predicted octanol–water partition coefficient (Wildman–Crippen LogP) is 4.62. The van der Waals surface area contributed by atoms with Gasteiger partial charge in [0.05, 0.1) is 22.7 Å². The molecule has 5 rings (SSSR count). The number of halogens is 1. The van der Waals surface area contributed by atoms with Gasteiger partial charge in [-0.15, -0.1) is 0 Å². The molecule has 0 radical (unpaired) electrons. The summed E-state index contributed by atoms with van der Waals surface area (Å²) in [5.41, 5.74) is 3.61. The second kappa shape index (κ2) is 8.05. The molecule has 1 amide bonds. The molecule has 0 atom stereocenters. The minimum absolute atomic E-state index is 0.0233. The number of hydrazone groups is 1. The van der Waals surface area contributed by atoms with E-state index in [9.17, 15) is 4.79 Å². The van der Waals surface area contributed by atoms with E-state index in [4.69, 9.17) is 21.7 Å². The van der Waals surface area contributed by atoms with E-state index >= 15 is 0 Å². The first-order valence-electron chi connectivity index (χ1n) is 9.50. The topological polar surface area (TPSA) is 83.0 Å². The van der Waals surface area contributed by atoms with Crippen molar-refractivity contribution in [1.82, 2.24) is 9.58 Å². The fourth-order valence-electron chi connectivity index (χ4n) is 3.48. The van der Waals surface area contributed by atoms with Crippen molar-refractivity contribution in [3.05, 3.63) is 70.9 Å². The first-order chi connectivity index (χ1) is 15.1. The van der Waals surface area contributed by atoms with Gasteiger partial charge in [0, 0.05) is 22.7 Å². The number of rotatable bonds is 5. The van der Waals surface area contributed by atoms with Crippen molar-refractivity contribution in [2.24, 2.45) is 10.1 Å². The average molecular weight is 450 g/mol. The van der Waals surface area contributed by atoms with Gasteiger partial charge in [0.2, 0.25) is 0 Å². The van der Waals surface area contributed by atoms with E-state index in [-0.39, 0.29) is 11.4 Å².